The average Bonchev–Trinajstić information content (AvgIpc) is 3.50. The summed E-state index contributed by atoms with van der Waals surface area (Å²) in [6.45, 7) is 2.30. The molecule has 33 heavy (non-hydrogen) atoms. The van der Waals surface area contributed by atoms with Crippen LogP contribution in [0.25, 0.3) is 15.9 Å². The Hall–Kier alpha value is -4.11. The average molecular weight is 457 g/mol. The zero-order valence-corrected chi connectivity index (χ0v) is 18.6. The van der Waals surface area contributed by atoms with Crippen LogP contribution in [0.4, 0.5) is 0 Å². The molecule has 5 aromatic rings. The number of nitrogens with one attached hydrogen (secondary N) is 1. The van der Waals surface area contributed by atoms with Crippen LogP contribution in [0.1, 0.15) is 26.6 Å². The Morgan fingerprint density at radius 1 is 1.06 bits per heavy atom. The predicted octanol–water partition coefficient (Wildman–Crippen LogP) is 3.33. The number of benzene rings is 1. The summed E-state index contributed by atoms with van der Waals surface area (Å²) in [5.74, 6) is -0.223. The van der Waals surface area contributed by atoms with Gasteiger partial charge < -0.3 is 9.88 Å². The summed E-state index contributed by atoms with van der Waals surface area (Å²) >= 11 is 1.33. The SMILES string of the molecule is Cc1nc(-n2cccc2)sc1C(=O)NCc1nn(Cc2cccnc2)c(=O)c2ccccc12. The second-order valence-corrected chi connectivity index (χ2v) is 8.48. The van der Waals surface area contributed by atoms with Gasteiger partial charge in [-0.1, -0.05) is 35.6 Å². The maximum atomic E-state index is 13.0. The molecule has 8 nitrogen and oxygen atoms in total. The Morgan fingerprint density at radius 3 is 2.61 bits per heavy atom. The second-order valence-electron chi connectivity index (χ2n) is 7.50. The lowest BCUT2D eigenvalue weighted by Gasteiger charge is -2.12. The van der Waals surface area contributed by atoms with Gasteiger partial charge in [0.05, 0.1) is 29.9 Å². The van der Waals surface area contributed by atoms with Gasteiger partial charge >= 0.3 is 0 Å². The highest BCUT2D eigenvalue weighted by atomic mass is 32.1. The number of nitrogens with zero attached hydrogens (tertiary/aromatic N) is 5. The number of thiazole rings is 1. The van der Waals surface area contributed by atoms with Crippen LogP contribution >= 0.6 is 11.3 Å². The number of hydrogen-bond acceptors (Lipinski definition) is 6. The fourth-order valence-corrected chi connectivity index (χ4v) is 4.57. The van der Waals surface area contributed by atoms with Crippen molar-refractivity contribution in [3.63, 3.8) is 0 Å². The van der Waals surface area contributed by atoms with Gasteiger partial charge in [0.15, 0.2) is 5.13 Å². The van der Waals surface area contributed by atoms with Gasteiger partial charge in [-0.05, 0) is 36.8 Å². The van der Waals surface area contributed by atoms with E-state index in [0.717, 1.165) is 16.1 Å². The third-order valence-corrected chi connectivity index (χ3v) is 6.40. The van der Waals surface area contributed by atoms with E-state index >= 15 is 0 Å². The molecule has 1 N–H and O–H groups in total. The standard InChI is InChI=1S/C24H20N6O2S/c1-16-21(33-24(27-16)29-11-4-5-12-29)22(31)26-14-20-18-8-2-3-9-19(18)23(32)30(28-20)15-17-7-6-10-25-13-17/h2-13H,14-15H2,1H3,(H,26,31). The number of carbonyl (C=O) groups excluding carboxylic acids is 1. The van der Waals surface area contributed by atoms with Crippen molar-refractivity contribution in [2.45, 2.75) is 20.0 Å². The number of amides is 1. The monoisotopic (exact) mass is 456 g/mol. The summed E-state index contributed by atoms with van der Waals surface area (Å²) in [5.41, 5.74) is 1.98. The van der Waals surface area contributed by atoms with Gasteiger partial charge in [-0.2, -0.15) is 5.10 Å². The van der Waals surface area contributed by atoms with Crippen molar-refractivity contribution in [1.82, 2.24) is 29.6 Å². The normalized spacial score (nSPS) is 11.1. The third kappa shape index (κ3) is 4.18. The van der Waals surface area contributed by atoms with E-state index in [1.165, 1.54) is 16.0 Å². The maximum Gasteiger partial charge on any atom is 0.274 e. The summed E-state index contributed by atoms with van der Waals surface area (Å²) < 4.78 is 3.29. The zero-order chi connectivity index (χ0) is 22.8. The summed E-state index contributed by atoms with van der Waals surface area (Å²) in [6, 6.07) is 14.8. The molecule has 1 aromatic carbocycles. The van der Waals surface area contributed by atoms with E-state index in [2.05, 4.69) is 20.4 Å². The molecule has 4 heterocycles. The molecule has 5 rings (SSSR count). The molecule has 4 aromatic heterocycles. The zero-order valence-electron chi connectivity index (χ0n) is 17.8. The fraction of sp³-hybridized carbons (Fsp3) is 0.125. The van der Waals surface area contributed by atoms with Gasteiger partial charge in [0.25, 0.3) is 11.5 Å². The van der Waals surface area contributed by atoms with Crippen molar-refractivity contribution in [2.75, 3.05) is 0 Å². The molecule has 0 aliphatic heterocycles. The largest absolute Gasteiger partial charge is 0.346 e. The highest BCUT2D eigenvalue weighted by Crippen LogP contribution is 2.22. The van der Waals surface area contributed by atoms with Crippen LogP contribution in [0.3, 0.4) is 0 Å². The molecule has 0 spiro atoms. The minimum absolute atomic E-state index is 0.181. The van der Waals surface area contributed by atoms with Crippen molar-refractivity contribution in [3.05, 3.63) is 106 Å². The van der Waals surface area contributed by atoms with E-state index in [9.17, 15) is 9.59 Å². The van der Waals surface area contributed by atoms with Gasteiger partial charge in [-0.3, -0.25) is 14.6 Å². The van der Waals surface area contributed by atoms with Crippen LogP contribution < -0.4 is 10.9 Å². The van der Waals surface area contributed by atoms with E-state index in [1.807, 2.05) is 66.3 Å². The number of aromatic nitrogens is 5. The van der Waals surface area contributed by atoms with Crippen molar-refractivity contribution in [3.8, 4) is 5.13 Å². The van der Waals surface area contributed by atoms with E-state index in [0.29, 0.717) is 28.2 Å². The molecule has 0 bridgehead atoms. The van der Waals surface area contributed by atoms with Gasteiger partial charge in [-0.15, -0.1) is 0 Å². The number of rotatable bonds is 6. The minimum Gasteiger partial charge on any atom is -0.346 e. The Morgan fingerprint density at radius 2 is 1.85 bits per heavy atom. The van der Waals surface area contributed by atoms with Crippen molar-refractivity contribution < 1.29 is 4.79 Å². The summed E-state index contributed by atoms with van der Waals surface area (Å²) in [5, 5.41) is 9.54. The molecule has 1 amide bonds. The Kier molecular flexibility index (Phi) is 5.54. The molecule has 9 heteroatoms. The van der Waals surface area contributed by atoms with Crippen molar-refractivity contribution >= 4 is 28.0 Å². The van der Waals surface area contributed by atoms with E-state index in [-0.39, 0.29) is 18.0 Å². The van der Waals surface area contributed by atoms with E-state index in [1.54, 1.807) is 18.5 Å². The van der Waals surface area contributed by atoms with E-state index < -0.39 is 0 Å². The lowest BCUT2D eigenvalue weighted by atomic mass is 10.1. The third-order valence-electron chi connectivity index (χ3n) is 5.23. The van der Waals surface area contributed by atoms with Crippen molar-refractivity contribution in [2.24, 2.45) is 0 Å². The Labute approximate surface area is 193 Å². The molecule has 0 fully saturated rings. The highest BCUT2D eigenvalue weighted by molar-refractivity contribution is 7.16. The Balaban J connectivity index is 1.43. The lowest BCUT2D eigenvalue weighted by Crippen LogP contribution is -2.29. The summed E-state index contributed by atoms with van der Waals surface area (Å²) in [7, 11) is 0. The molecular formula is C24H20N6O2S. The molecular weight excluding hydrogens is 436 g/mol. The number of carbonyl (C=O) groups is 1. The van der Waals surface area contributed by atoms with Crippen LogP contribution in [0.5, 0.6) is 0 Å². The smallest absolute Gasteiger partial charge is 0.274 e. The minimum atomic E-state index is -0.223. The van der Waals surface area contributed by atoms with Crippen LogP contribution in [-0.2, 0) is 13.1 Å². The number of hydrogen-bond donors (Lipinski definition) is 1. The molecule has 0 radical (unpaired) electrons. The van der Waals surface area contributed by atoms with Gasteiger partial charge in [0, 0.05) is 30.2 Å². The maximum absolute atomic E-state index is 13.0. The van der Waals surface area contributed by atoms with Crippen LogP contribution in [0, 0.1) is 6.92 Å². The first-order valence-corrected chi connectivity index (χ1v) is 11.2. The molecule has 164 valence electrons. The second kappa shape index (κ2) is 8.79. The van der Waals surface area contributed by atoms with Gasteiger partial charge in [0.2, 0.25) is 0 Å². The summed E-state index contributed by atoms with van der Waals surface area (Å²) in [6.07, 6.45) is 7.17. The van der Waals surface area contributed by atoms with Gasteiger partial charge in [0.1, 0.15) is 4.88 Å². The molecule has 0 atom stereocenters. The van der Waals surface area contributed by atoms with Crippen molar-refractivity contribution in [1.29, 1.82) is 0 Å². The van der Waals surface area contributed by atoms with Crippen LogP contribution in [0.2, 0.25) is 0 Å². The Bertz CT molecular complexity index is 1490. The summed E-state index contributed by atoms with van der Waals surface area (Å²) in [4.78, 5) is 35.1. The fourth-order valence-electron chi connectivity index (χ4n) is 3.62. The predicted molar refractivity (Wildman–Crippen MR) is 127 cm³/mol. The van der Waals surface area contributed by atoms with Crippen LogP contribution in [-0.4, -0.2) is 30.2 Å². The number of aryl methyl sites for hydroxylation is 1. The van der Waals surface area contributed by atoms with E-state index in [4.69, 9.17) is 0 Å². The molecule has 0 saturated carbocycles. The van der Waals surface area contributed by atoms with Gasteiger partial charge in [-0.25, -0.2) is 9.67 Å². The lowest BCUT2D eigenvalue weighted by molar-refractivity contribution is 0.0953. The topological polar surface area (TPSA) is 94.7 Å². The quantitative estimate of drug-likeness (QED) is 0.423. The number of fused-ring (bicyclic) bond motifs is 1. The number of pyridine rings is 1. The first-order chi connectivity index (χ1) is 16.1. The first kappa shape index (κ1) is 20.8. The van der Waals surface area contributed by atoms with Crippen LogP contribution in [0.15, 0.2) is 78.1 Å². The molecule has 0 saturated heterocycles. The molecule has 0 aliphatic rings. The molecule has 0 unspecified atom stereocenters. The first-order valence-electron chi connectivity index (χ1n) is 10.4. The highest BCUT2D eigenvalue weighted by Gasteiger charge is 2.17. The molecule has 0 aliphatic carbocycles.